The van der Waals surface area contributed by atoms with Crippen LogP contribution in [-0.2, 0) is 4.74 Å². The van der Waals surface area contributed by atoms with E-state index in [1.54, 1.807) is 0 Å². The van der Waals surface area contributed by atoms with E-state index in [2.05, 4.69) is 21.2 Å². The molecule has 2 atom stereocenters. The predicted molar refractivity (Wildman–Crippen MR) is 77.2 cm³/mol. The Morgan fingerprint density at radius 3 is 2.89 bits per heavy atom. The lowest BCUT2D eigenvalue weighted by molar-refractivity contribution is 0.0729. The lowest BCUT2D eigenvalue weighted by Gasteiger charge is -2.20. The van der Waals surface area contributed by atoms with Gasteiger partial charge in [0.2, 0.25) is 0 Å². The van der Waals surface area contributed by atoms with Crippen molar-refractivity contribution in [3.63, 3.8) is 0 Å². The number of amides is 1. The first-order chi connectivity index (χ1) is 9.16. The molecular formula is C15H18BrNO2. The monoisotopic (exact) mass is 323 g/mol. The molecule has 3 rings (SSSR count). The highest BCUT2D eigenvalue weighted by atomic mass is 79.9. The maximum Gasteiger partial charge on any atom is 0.252 e. The molecule has 1 saturated heterocycles. The van der Waals surface area contributed by atoms with E-state index in [0.717, 1.165) is 23.1 Å². The summed E-state index contributed by atoms with van der Waals surface area (Å²) in [6, 6.07) is 5.94. The van der Waals surface area contributed by atoms with Crippen LogP contribution in [0.1, 0.15) is 35.2 Å². The highest BCUT2D eigenvalue weighted by molar-refractivity contribution is 9.10. The lowest BCUT2D eigenvalue weighted by Crippen LogP contribution is -2.41. The number of carbonyl (C=O) groups is 1. The third-order valence-electron chi connectivity index (χ3n) is 3.98. The summed E-state index contributed by atoms with van der Waals surface area (Å²) in [5.41, 5.74) is 1.79. The van der Waals surface area contributed by atoms with E-state index in [1.807, 2.05) is 25.1 Å². The molecule has 1 aliphatic heterocycles. The molecule has 19 heavy (non-hydrogen) atoms. The number of benzene rings is 1. The number of halogens is 1. The summed E-state index contributed by atoms with van der Waals surface area (Å²) < 4.78 is 6.64. The molecule has 0 radical (unpaired) electrons. The number of rotatable bonds is 3. The molecule has 2 unspecified atom stereocenters. The van der Waals surface area contributed by atoms with Crippen molar-refractivity contribution in [1.29, 1.82) is 0 Å². The molecule has 4 heteroatoms. The van der Waals surface area contributed by atoms with Crippen LogP contribution in [0.2, 0.25) is 0 Å². The van der Waals surface area contributed by atoms with Crippen LogP contribution in [-0.4, -0.2) is 24.7 Å². The number of hydrogen-bond acceptors (Lipinski definition) is 2. The standard InChI is InChI=1S/C15H18BrNO2/c1-9-3-2-4-11(13(9)16)15(18)17-12-7-8-19-14(12)10-5-6-10/h2-4,10,12,14H,5-8H2,1H3,(H,17,18). The summed E-state index contributed by atoms with van der Waals surface area (Å²) >= 11 is 3.49. The van der Waals surface area contributed by atoms with Crippen LogP contribution in [0.15, 0.2) is 22.7 Å². The SMILES string of the molecule is Cc1cccc(C(=O)NC2CCOC2C2CC2)c1Br. The first kappa shape index (κ1) is 13.1. The molecule has 0 spiro atoms. The van der Waals surface area contributed by atoms with Crippen molar-refractivity contribution < 1.29 is 9.53 Å². The lowest BCUT2D eigenvalue weighted by atomic mass is 10.1. The Hall–Kier alpha value is -0.870. The van der Waals surface area contributed by atoms with Crippen molar-refractivity contribution in [3.8, 4) is 0 Å². The second-order valence-corrected chi connectivity index (χ2v) is 6.27. The molecule has 1 aromatic carbocycles. The summed E-state index contributed by atoms with van der Waals surface area (Å²) in [6.07, 6.45) is 3.64. The topological polar surface area (TPSA) is 38.3 Å². The van der Waals surface area contributed by atoms with Gasteiger partial charge in [-0.2, -0.15) is 0 Å². The average molecular weight is 324 g/mol. The zero-order valence-electron chi connectivity index (χ0n) is 11.0. The molecule has 0 aromatic heterocycles. The van der Waals surface area contributed by atoms with Gasteiger partial charge in [0.25, 0.3) is 5.91 Å². The molecule has 102 valence electrons. The minimum absolute atomic E-state index is 0.00303. The van der Waals surface area contributed by atoms with Gasteiger partial charge < -0.3 is 10.1 Å². The van der Waals surface area contributed by atoms with Crippen molar-refractivity contribution in [2.24, 2.45) is 5.92 Å². The van der Waals surface area contributed by atoms with Crippen LogP contribution in [0.3, 0.4) is 0 Å². The van der Waals surface area contributed by atoms with Crippen molar-refractivity contribution >= 4 is 21.8 Å². The highest BCUT2D eigenvalue weighted by Gasteiger charge is 2.41. The molecule has 1 heterocycles. The zero-order valence-corrected chi connectivity index (χ0v) is 12.6. The van der Waals surface area contributed by atoms with Crippen LogP contribution in [0.5, 0.6) is 0 Å². The van der Waals surface area contributed by atoms with E-state index in [1.165, 1.54) is 12.8 Å². The molecule has 1 aliphatic carbocycles. The second kappa shape index (κ2) is 5.25. The summed E-state index contributed by atoms with van der Waals surface area (Å²) in [5.74, 6) is 0.658. The minimum Gasteiger partial charge on any atom is -0.376 e. The normalized spacial score (nSPS) is 26.4. The molecule has 1 saturated carbocycles. The molecule has 3 nitrogen and oxygen atoms in total. The van der Waals surface area contributed by atoms with Crippen molar-refractivity contribution in [2.45, 2.75) is 38.3 Å². The minimum atomic E-state index is -0.00303. The fourth-order valence-electron chi connectivity index (χ4n) is 2.72. The van der Waals surface area contributed by atoms with E-state index in [4.69, 9.17) is 4.74 Å². The zero-order chi connectivity index (χ0) is 13.4. The van der Waals surface area contributed by atoms with E-state index in [-0.39, 0.29) is 18.1 Å². The Morgan fingerprint density at radius 1 is 1.37 bits per heavy atom. The van der Waals surface area contributed by atoms with Gasteiger partial charge in [0.1, 0.15) is 0 Å². The number of carbonyl (C=O) groups excluding carboxylic acids is 1. The van der Waals surface area contributed by atoms with E-state index >= 15 is 0 Å². The maximum atomic E-state index is 12.4. The van der Waals surface area contributed by atoms with Gasteiger partial charge in [-0.3, -0.25) is 4.79 Å². The predicted octanol–water partition coefficient (Wildman–Crippen LogP) is 3.05. The summed E-state index contributed by atoms with van der Waals surface area (Å²) in [5, 5.41) is 3.14. The van der Waals surface area contributed by atoms with Crippen LogP contribution < -0.4 is 5.32 Å². The Kier molecular flexibility index (Phi) is 3.63. The Bertz CT molecular complexity index is 499. The van der Waals surface area contributed by atoms with Crippen molar-refractivity contribution in [3.05, 3.63) is 33.8 Å². The third kappa shape index (κ3) is 2.70. The number of aryl methyl sites for hydroxylation is 1. The first-order valence-corrected chi connectivity index (χ1v) is 7.63. The van der Waals surface area contributed by atoms with E-state index < -0.39 is 0 Å². The molecule has 1 aromatic rings. The van der Waals surface area contributed by atoms with Crippen LogP contribution >= 0.6 is 15.9 Å². The van der Waals surface area contributed by atoms with Gasteiger partial charge in [-0.25, -0.2) is 0 Å². The van der Waals surface area contributed by atoms with Crippen molar-refractivity contribution in [2.75, 3.05) is 6.61 Å². The molecular weight excluding hydrogens is 306 g/mol. The van der Waals surface area contributed by atoms with Crippen LogP contribution in [0.4, 0.5) is 0 Å². The largest absolute Gasteiger partial charge is 0.376 e. The van der Waals surface area contributed by atoms with Crippen LogP contribution in [0, 0.1) is 12.8 Å². The van der Waals surface area contributed by atoms with Gasteiger partial charge >= 0.3 is 0 Å². The van der Waals surface area contributed by atoms with Gasteiger partial charge in [0, 0.05) is 11.1 Å². The first-order valence-electron chi connectivity index (χ1n) is 6.84. The Balaban J connectivity index is 1.72. The Labute approximate surface area is 121 Å². The smallest absolute Gasteiger partial charge is 0.252 e. The average Bonchev–Trinajstić information content (AvgIpc) is 3.13. The number of nitrogens with one attached hydrogen (secondary N) is 1. The van der Waals surface area contributed by atoms with Gasteiger partial charge in [0.15, 0.2) is 0 Å². The number of ether oxygens (including phenoxy) is 1. The highest BCUT2D eigenvalue weighted by Crippen LogP contribution is 2.38. The fraction of sp³-hybridized carbons (Fsp3) is 0.533. The van der Waals surface area contributed by atoms with E-state index in [9.17, 15) is 4.79 Å². The molecule has 0 bridgehead atoms. The van der Waals surface area contributed by atoms with Crippen molar-refractivity contribution in [1.82, 2.24) is 5.32 Å². The maximum absolute atomic E-state index is 12.4. The Morgan fingerprint density at radius 2 is 2.16 bits per heavy atom. The quantitative estimate of drug-likeness (QED) is 0.928. The number of hydrogen-bond donors (Lipinski definition) is 1. The molecule has 2 fully saturated rings. The van der Waals surface area contributed by atoms with Gasteiger partial charge in [-0.15, -0.1) is 0 Å². The summed E-state index contributed by atoms with van der Waals surface area (Å²) in [4.78, 5) is 12.4. The summed E-state index contributed by atoms with van der Waals surface area (Å²) in [6.45, 7) is 2.76. The second-order valence-electron chi connectivity index (χ2n) is 5.48. The van der Waals surface area contributed by atoms with Gasteiger partial charge in [-0.1, -0.05) is 12.1 Å². The van der Waals surface area contributed by atoms with Gasteiger partial charge in [0.05, 0.1) is 17.7 Å². The summed E-state index contributed by atoms with van der Waals surface area (Å²) in [7, 11) is 0. The molecule has 1 amide bonds. The van der Waals surface area contributed by atoms with Crippen LogP contribution in [0.25, 0.3) is 0 Å². The third-order valence-corrected chi connectivity index (χ3v) is 5.03. The van der Waals surface area contributed by atoms with E-state index in [0.29, 0.717) is 11.5 Å². The van der Waals surface area contributed by atoms with Gasteiger partial charge in [-0.05, 0) is 59.7 Å². The fourth-order valence-corrected chi connectivity index (χ4v) is 3.17. The molecule has 1 N–H and O–H groups in total. The molecule has 2 aliphatic rings.